The van der Waals surface area contributed by atoms with Crippen molar-refractivity contribution in [3.8, 4) is 11.5 Å². The molecule has 2 bridgehead atoms. The maximum atomic E-state index is 13.3. The number of rotatable bonds is 2. The SMILES string of the molecule is C=C(C)/C=C/[C@@]12C(=O)C=CC(=O)[C@@]13CC(C)=C[C@@H]2c1c(O)ccc(O)c13. The van der Waals surface area contributed by atoms with Gasteiger partial charge in [0.2, 0.25) is 0 Å². The second-order valence-electron chi connectivity index (χ2n) is 7.58. The van der Waals surface area contributed by atoms with Crippen LogP contribution in [0, 0.1) is 5.41 Å². The largest absolute Gasteiger partial charge is 0.508 e. The summed E-state index contributed by atoms with van der Waals surface area (Å²) in [5.74, 6) is -1.01. The molecule has 0 amide bonds. The van der Waals surface area contributed by atoms with Gasteiger partial charge in [-0.05, 0) is 44.6 Å². The maximum absolute atomic E-state index is 13.3. The lowest BCUT2D eigenvalue weighted by molar-refractivity contribution is -0.136. The Labute approximate surface area is 151 Å². The van der Waals surface area contributed by atoms with Crippen molar-refractivity contribution in [3.63, 3.8) is 0 Å². The van der Waals surface area contributed by atoms with E-state index < -0.39 is 16.7 Å². The first kappa shape index (κ1) is 16.6. The van der Waals surface area contributed by atoms with Gasteiger partial charge in [0.05, 0.1) is 10.8 Å². The maximum Gasteiger partial charge on any atom is 0.168 e. The number of hydrogen-bond donors (Lipinski definition) is 2. The minimum Gasteiger partial charge on any atom is -0.508 e. The van der Waals surface area contributed by atoms with Gasteiger partial charge in [-0.2, -0.15) is 0 Å². The van der Waals surface area contributed by atoms with Crippen molar-refractivity contribution in [2.24, 2.45) is 5.41 Å². The van der Waals surface area contributed by atoms with E-state index in [1.54, 1.807) is 12.2 Å². The van der Waals surface area contributed by atoms with Crippen LogP contribution in [0.4, 0.5) is 0 Å². The zero-order valence-electron chi connectivity index (χ0n) is 14.7. The number of phenols is 2. The third kappa shape index (κ3) is 1.69. The van der Waals surface area contributed by atoms with Crippen molar-refractivity contribution < 1.29 is 19.8 Å². The molecule has 132 valence electrons. The number of ketones is 2. The molecule has 0 heterocycles. The van der Waals surface area contributed by atoms with E-state index in [0.29, 0.717) is 17.5 Å². The molecule has 4 rings (SSSR count). The highest BCUT2D eigenvalue weighted by atomic mass is 16.3. The molecule has 1 aromatic carbocycles. The highest BCUT2D eigenvalue weighted by Gasteiger charge is 2.71. The van der Waals surface area contributed by atoms with Crippen LogP contribution in [0.1, 0.15) is 37.3 Å². The molecular weight excluding hydrogens is 328 g/mol. The van der Waals surface area contributed by atoms with Crippen molar-refractivity contribution in [1.82, 2.24) is 0 Å². The Balaban J connectivity index is 2.19. The zero-order valence-corrected chi connectivity index (χ0v) is 14.7. The lowest BCUT2D eigenvalue weighted by Crippen LogP contribution is -2.56. The molecule has 0 aliphatic heterocycles. The number of benzene rings is 1. The summed E-state index contributed by atoms with van der Waals surface area (Å²) in [5.41, 5.74) is 0.124. The Kier molecular flexibility index (Phi) is 3.23. The van der Waals surface area contributed by atoms with Gasteiger partial charge >= 0.3 is 0 Å². The van der Waals surface area contributed by atoms with Crippen LogP contribution in [-0.4, -0.2) is 21.8 Å². The van der Waals surface area contributed by atoms with Gasteiger partial charge in [-0.1, -0.05) is 36.0 Å². The predicted molar refractivity (Wildman–Crippen MR) is 98.1 cm³/mol. The zero-order chi connectivity index (χ0) is 18.9. The van der Waals surface area contributed by atoms with Gasteiger partial charge in [0, 0.05) is 17.0 Å². The third-order valence-electron chi connectivity index (χ3n) is 5.98. The standard InChI is InChI=1S/C22H20O4/c1-12(2)8-9-21-14-10-13(3)11-22(21,18(26)7-6-17(21)25)20-16(24)5-4-15(23)19(14)20/h4-10,14,23-24H,1,11H2,2-3H3/b9-8+/t14-,21-,22-/m1/s1. The summed E-state index contributed by atoms with van der Waals surface area (Å²) in [6.45, 7) is 7.60. The number of fused-ring (bicyclic) bond motifs is 2. The predicted octanol–water partition coefficient (Wildman–Crippen LogP) is 3.61. The fourth-order valence-electron chi connectivity index (χ4n) is 5.08. The van der Waals surface area contributed by atoms with Gasteiger partial charge in [0.1, 0.15) is 11.5 Å². The Morgan fingerprint density at radius 3 is 2.54 bits per heavy atom. The van der Waals surface area contributed by atoms with E-state index >= 15 is 0 Å². The van der Waals surface area contributed by atoms with E-state index in [1.165, 1.54) is 24.3 Å². The highest BCUT2D eigenvalue weighted by molar-refractivity contribution is 6.18. The van der Waals surface area contributed by atoms with Gasteiger partial charge in [-0.25, -0.2) is 0 Å². The van der Waals surface area contributed by atoms with Crippen LogP contribution in [0.5, 0.6) is 11.5 Å². The number of phenolic OH excluding ortho intramolecular Hbond substituents is 2. The lowest BCUT2D eigenvalue weighted by atomic mass is 9.50. The molecule has 3 atom stereocenters. The first-order valence-electron chi connectivity index (χ1n) is 8.60. The van der Waals surface area contributed by atoms with E-state index in [4.69, 9.17) is 0 Å². The second kappa shape index (κ2) is 5.07. The third-order valence-corrected chi connectivity index (χ3v) is 5.98. The van der Waals surface area contributed by atoms with Crippen LogP contribution in [0.25, 0.3) is 0 Å². The van der Waals surface area contributed by atoms with Crippen molar-refractivity contribution in [2.75, 3.05) is 0 Å². The summed E-state index contributed by atoms with van der Waals surface area (Å²) in [6, 6.07) is 2.81. The second-order valence-corrected chi connectivity index (χ2v) is 7.58. The molecular formula is C22H20O4. The monoisotopic (exact) mass is 348 g/mol. The molecule has 4 nitrogen and oxygen atoms in total. The van der Waals surface area contributed by atoms with E-state index in [-0.39, 0.29) is 23.1 Å². The van der Waals surface area contributed by atoms with Crippen LogP contribution < -0.4 is 0 Å². The Morgan fingerprint density at radius 1 is 1.19 bits per heavy atom. The number of carbonyl (C=O) groups excluding carboxylic acids is 2. The summed E-state index contributed by atoms with van der Waals surface area (Å²) >= 11 is 0. The molecule has 26 heavy (non-hydrogen) atoms. The Morgan fingerprint density at radius 2 is 1.85 bits per heavy atom. The molecule has 0 saturated carbocycles. The topological polar surface area (TPSA) is 74.6 Å². The molecule has 0 saturated heterocycles. The van der Waals surface area contributed by atoms with E-state index in [2.05, 4.69) is 6.58 Å². The summed E-state index contributed by atoms with van der Waals surface area (Å²) < 4.78 is 0. The summed E-state index contributed by atoms with van der Waals surface area (Å²) in [7, 11) is 0. The number of allylic oxidation sites excluding steroid dienone is 7. The first-order valence-corrected chi connectivity index (χ1v) is 8.60. The van der Waals surface area contributed by atoms with Gasteiger partial charge in [-0.3, -0.25) is 9.59 Å². The number of hydrogen-bond acceptors (Lipinski definition) is 4. The average Bonchev–Trinajstić information content (AvgIpc) is 2.73. The van der Waals surface area contributed by atoms with Gasteiger partial charge in [0.25, 0.3) is 0 Å². The summed E-state index contributed by atoms with van der Waals surface area (Å²) in [6.07, 6.45) is 8.40. The Bertz CT molecular complexity index is 978. The van der Waals surface area contributed by atoms with Crippen molar-refractivity contribution in [3.05, 3.63) is 71.4 Å². The van der Waals surface area contributed by atoms with E-state index in [1.807, 2.05) is 19.9 Å². The average molecular weight is 348 g/mol. The van der Waals surface area contributed by atoms with Crippen LogP contribution >= 0.6 is 0 Å². The van der Waals surface area contributed by atoms with Crippen LogP contribution in [-0.2, 0) is 15.0 Å². The summed E-state index contributed by atoms with van der Waals surface area (Å²) in [4.78, 5) is 26.5. The molecule has 2 N–H and O–H groups in total. The lowest BCUT2D eigenvalue weighted by Gasteiger charge is -2.48. The van der Waals surface area contributed by atoms with Crippen molar-refractivity contribution in [2.45, 2.75) is 31.6 Å². The van der Waals surface area contributed by atoms with Gasteiger partial charge < -0.3 is 10.2 Å². The number of carbonyl (C=O) groups is 2. The van der Waals surface area contributed by atoms with E-state index in [9.17, 15) is 19.8 Å². The van der Waals surface area contributed by atoms with E-state index in [0.717, 1.165) is 11.1 Å². The molecule has 0 spiro atoms. The van der Waals surface area contributed by atoms with Gasteiger partial charge in [0.15, 0.2) is 11.6 Å². The smallest absolute Gasteiger partial charge is 0.168 e. The quantitative estimate of drug-likeness (QED) is 0.486. The van der Waals surface area contributed by atoms with Crippen LogP contribution in [0.3, 0.4) is 0 Å². The molecule has 4 heteroatoms. The highest BCUT2D eigenvalue weighted by Crippen LogP contribution is 2.70. The minimum absolute atomic E-state index is 0.00812. The molecule has 0 aromatic heterocycles. The van der Waals surface area contributed by atoms with Crippen LogP contribution in [0.2, 0.25) is 0 Å². The number of aromatic hydroxyl groups is 2. The van der Waals surface area contributed by atoms with Crippen molar-refractivity contribution >= 4 is 11.6 Å². The Hall–Kier alpha value is -2.88. The first-order chi connectivity index (χ1) is 12.3. The molecule has 0 fully saturated rings. The minimum atomic E-state index is -1.24. The fraction of sp³-hybridized carbons (Fsp3) is 0.273. The molecule has 0 unspecified atom stereocenters. The molecule has 1 aromatic rings. The molecule has 0 radical (unpaired) electrons. The summed E-state index contributed by atoms with van der Waals surface area (Å²) in [5, 5.41) is 21.2. The van der Waals surface area contributed by atoms with Crippen LogP contribution in [0.15, 0.2) is 60.2 Å². The fourth-order valence-corrected chi connectivity index (χ4v) is 5.08. The normalized spacial score (nSPS) is 31.8. The van der Waals surface area contributed by atoms with Crippen molar-refractivity contribution in [1.29, 1.82) is 0 Å². The molecule has 3 aliphatic carbocycles. The molecule has 3 aliphatic rings. The van der Waals surface area contributed by atoms with Gasteiger partial charge in [-0.15, -0.1) is 0 Å².